The van der Waals surface area contributed by atoms with Gasteiger partial charge in [-0.05, 0) is 53.9 Å². The minimum atomic E-state index is -0.822. The fourth-order valence-corrected chi connectivity index (χ4v) is 5.02. The lowest BCUT2D eigenvalue weighted by atomic mass is 9.69. The molecule has 0 heterocycles. The molecule has 2 aromatic carbocycles. The van der Waals surface area contributed by atoms with Crippen LogP contribution in [0.5, 0.6) is 0 Å². The van der Waals surface area contributed by atoms with Crippen molar-refractivity contribution in [2.45, 2.75) is 51.4 Å². The van der Waals surface area contributed by atoms with E-state index < -0.39 is 17.5 Å². The second-order valence-electron chi connectivity index (χ2n) is 9.90. The third kappa shape index (κ3) is 5.66. The maximum Gasteiger partial charge on any atom is 0.407 e. The smallest absolute Gasteiger partial charge is 0.407 e. The predicted octanol–water partition coefficient (Wildman–Crippen LogP) is 4.70. The van der Waals surface area contributed by atoms with E-state index in [2.05, 4.69) is 34.9 Å². The van der Waals surface area contributed by atoms with E-state index in [0.29, 0.717) is 32.2 Å². The van der Waals surface area contributed by atoms with E-state index in [-0.39, 0.29) is 30.9 Å². The molecule has 0 aromatic heterocycles. The van der Waals surface area contributed by atoms with Gasteiger partial charge in [-0.15, -0.1) is 0 Å². The normalized spacial score (nSPS) is 16.4. The molecular weight excluding hydrogens is 444 g/mol. The Morgan fingerprint density at radius 1 is 1.00 bits per heavy atom. The van der Waals surface area contributed by atoms with Crippen molar-refractivity contribution in [1.29, 1.82) is 0 Å². The van der Waals surface area contributed by atoms with Crippen LogP contribution in [0.2, 0.25) is 0 Å². The number of alkyl carbamates (subject to hydrolysis) is 1. The van der Waals surface area contributed by atoms with Gasteiger partial charge in [0, 0.05) is 25.4 Å². The molecule has 4 rings (SSSR count). The quantitative estimate of drug-likeness (QED) is 0.434. The number of hydrogen-bond donors (Lipinski definition) is 3. The van der Waals surface area contributed by atoms with Gasteiger partial charge < -0.3 is 20.5 Å². The summed E-state index contributed by atoms with van der Waals surface area (Å²) in [5, 5.41) is 15.0. The second-order valence-corrected chi connectivity index (χ2v) is 9.90. The summed E-state index contributed by atoms with van der Waals surface area (Å²) in [5.74, 6) is -0.664. The van der Waals surface area contributed by atoms with Gasteiger partial charge in [-0.3, -0.25) is 9.59 Å². The molecule has 2 aliphatic rings. The molecule has 0 saturated heterocycles. The monoisotopic (exact) mass is 478 g/mol. The number of aliphatic carboxylic acids is 1. The fourth-order valence-electron chi connectivity index (χ4n) is 5.02. The van der Waals surface area contributed by atoms with Crippen LogP contribution >= 0.6 is 0 Å². The van der Waals surface area contributed by atoms with E-state index >= 15 is 0 Å². The molecule has 7 nitrogen and oxygen atoms in total. The highest BCUT2D eigenvalue weighted by Gasteiger charge is 2.44. The van der Waals surface area contributed by atoms with Crippen molar-refractivity contribution in [3.8, 4) is 11.1 Å². The predicted molar refractivity (Wildman–Crippen MR) is 133 cm³/mol. The van der Waals surface area contributed by atoms with E-state index in [4.69, 9.17) is 4.74 Å². The maximum atomic E-state index is 12.3. The van der Waals surface area contributed by atoms with Crippen LogP contribution < -0.4 is 10.6 Å². The lowest BCUT2D eigenvalue weighted by Crippen LogP contribution is -2.47. The van der Waals surface area contributed by atoms with Crippen molar-refractivity contribution < 1.29 is 24.2 Å². The van der Waals surface area contributed by atoms with Crippen molar-refractivity contribution in [2.24, 2.45) is 11.3 Å². The minimum absolute atomic E-state index is 0.0331. The van der Waals surface area contributed by atoms with E-state index in [1.165, 1.54) is 22.3 Å². The van der Waals surface area contributed by atoms with Gasteiger partial charge in [0.05, 0.1) is 5.41 Å². The molecule has 2 aliphatic carbocycles. The number of benzene rings is 2. The van der Waals surface area contributed by atoms with Gasteiger partial charge in [0.2, 0.25) is 5.91 Å². The molecule has 1 unspecified atom stereocenters. The number of rotatable bonds is 11. The zero-order chi connectivity index (χ0) is 24.8. The van der Waals surface area contributed by atoms with Crippen molar-refractivity contribution >= 4 is 18.0 Å². The molecule has 2 aromatic rings. The van der Waals surface area contributed by atoms with Crippen molar-refractivity contribution in [2.75, 3.05) is 19.7 Å². The Bertz CT molecular complexity index is 1030. The van der Waals surface area contributed by atoms with Gasteiger partial charge in [-0.2, -0.15) is 0 Å². The lowest BCUT2D eigenvalue weighted by Gasteiger charge is -2.37. The van der Waals surface area contributed by atoms with Gasteiger partial charge in [0.1, 0.15) is 6.61 Å². The largest absolute Gasteiger partial charge is 0.481 e. The number of carbonyl (C=O) groups excluding carboxylic acids is 2. The molecule has 3 N–H and O–H groups in total. The van der Waals surface area contributed by atoms with Crippen LogP contribution in [0.15, 0.2) is 48.5 Å². The van der Waals surface area contributed by atoms with Gasteiger partial charge in [-0.25, -0.2) is 4.79 Å². The summed E-state index contributed by atoms with van der Waals surface area (Å²) >= 11 is 0. The van der Waals surface area contributed by atoms with Gasteiger partial charge >= 0.3 is 12.1 Å². The van der Waals surface area contributed by atoms with Gasteiger partial charge in [0.15, 0.2) is 0 Å². The number of carboxylic acids is 1. The van der Waals surface area contributed by atoms with Crippen LogP contribution in [0.4, 0.5) is 4.79 Å². The second kappa shape index (κ2) is 10.9. The molecule has 35 heavy (non-hydrogen) atoms. The molecule has 1 saturated carbocycles. The average Bonchev–Trinajstić information content (AvgIpc) is 3.14. The minimum Gasteiger partial charge on any atom is -0.481 e. The molecule has 0 spiro atoms. The van der Waals surface area contributed by atoms with Crippen molar-refractivity contribution in [3.63, 3.8) is 0 Å². The molecule has 0 bridgehead atoms. The Balaban J connectivity index is 1.14. The Morgan fingerprint density at radius 2 is 1.63 bits per heavy atom. The Hall–Kier alpha value is -3.35. The van der Waals surface area contributed by atoms with E-state index in [0.717, 1.165) is 12.8 Å². The molecule has 1 fully saturated rings. The van der Waals surface area contributed by atoms with Crippen LogP contribution in [-0.2, 0) is 14.3 Å². The zero-order valence-corrected chi connectivity index (χ0v) is 20.2. The van der Waals surface area contributed by atoms with E-state index in [9.17, 15) is 19.5 Å². The lowest BCUT2D eigenvalue weighted by molar-refractivity contribution is -0.154. The number of hydrogen-bond acceptors (Lipinski definition) is 4. The Labute approximate surface area is 206 Å². The third-order valence-corrected chi connectivity index (χ3v) is 7.50. The van der Waals surface area contributed by atoms with Gasteiger partial charge in [0.25, 0.3) is 0 Å². The number of carboxylic acid groups (broad SMARTS) is 1. The molecule has 1 atom stereocenters. The highest BCUT2D eigenvalue weighted by molar-refractivity contribution is 5.80. The highest BCUT2D eigenvalue weighted by atomic mass is 16.5. The highest BCUT2D eigenvalue weighted by Crippen LogP contribution is 2.44. The first-order valence-electron chi connectivity index (χ1n) is 12.5. The summed E-state index contributed by atoms with van der Waals surface area (Å²) in [5.41, 5.74) is 3.98. The number of nitrogens with one attached hydrogen (secondary N) is 2. The van der Waals surface area contributed by atoms with Crippen LogP contribution in [-0.4, -0.2) is 42.8 Å². The molecule has 2 amide bonds. The third-order valence-electron chi connectivity index (χ3n) is 7.50. The summed E-state index contributed by atoms with van der Waals surface area (Å²) in [4.78, 5) is 35.8. The summed E-state index contributed by atoms with van der Waals surface area (Å²) in [6.45, 7) is 3.01. The summed E-state index contributed by atoms with van der Waals surface area (Å²) in [6.07, 6.45) is 3.48. The molecule has 186 valence electrons. The summed E-state index contributed by atoms with van der Waals surface area (Å²) in [7, 11) is 0. The van der Waals surface area contributed by atoms with Crippen molar-refractivity contribution in [1.82, 2.24) is 10.6 Å². The first-order valence-corrected chi connectivity index (χ1v) is 12.5. The first-order chi connectivity index (χ1) is 16.9. The number of fused-ring (bicyclic) bond motifs is 3. The number of amides is 2. The van der Waals surface area contributed by atoms with Crippen LogP contribution in [0.3, 0.4) is 0 Å². The van der Waals surface area contributed by atoms with E-state index in [1.807, 2.05) is 31.2 Å². The van der Waals surface area contributed by atoms with Gasteiger partial charge in [-0.1, -0.05) is 61.9 Å². The molecule has 0 aliphatic heterocycles. The van der Waals surface area contributed by atoms with Crippen molar-refractivity contribution in [3.05, 3.63) is 59.7 Å². The van der Waals surface area contributed by atoms with Crippen LogP contribution in [0.1, 0.15) is 62.5 Å². The van der Waals surface area contributed by atoms with Crippen LogP contribution in [0.25, 0.3) is 11.1 Å². The summed E-state index contributed by atoms with van der Waals surface area (Å²) < 4.78 is 5.56. The van der Waals surface area contributed by atoms with Crippen LogP contribution in [0, 0.1) is 11.3 Å². The Morgan fingerprint density at radius 3 is 2.20 bits per heavy atom. The summed E-state index contributed by atoms with van der Waals surface area (Å²) in [6, 6.07) is 16.5. The number of carbonyl (C=O) groups is 3. The molecule has 7 heteroatoms. The average molecular weight is 479 g/mol. The zero-order valence-electron chi connectivity index (χ0n) is 20.2. The molecular formula is C28H34N2O5. The maximum absolute atomic E-state index is 12.3. The SMILES string of the molecule is CC(CCNC(=O)OCC1c2ccccc2-c2ccccc21)CCC(=O)NCC1(C(=O)O)CCC1. The Kier molecular flexibility index (Phi) is 7.73. The fraction of sp³-hybridized carbons (Fsp3) is 0.464. The topological polar surface area (TPSA) is 105 Å². The van der Waals surface area contributed by atoms with E-state index in [1.54, 1.807) is 0 Å². The number of ether oxygens (including phenoxy) is 1. The first kappa shape index (κ1) is 24.8. The molecule has 0 radical (unpaired) electrons. The standard InChI is InChI=1S/C28H34N2O5/c1-19(11-12-25(31)30-18-28(26(32)33)14-6-15-28)13-16-29-27(34)35-17-24-22-9-4-2-7-20(22)21-8-3-5-10-23(21)24/h2-5,7-10,19,24H,6,11-18H2,1H3,(H,29,34)(H,30,31)(H,32,33).